The maximum Gasteiger partial charge on any atom is 0.241 e. The number of hydrogen-bond donors (Lipinski definition) is 1. The Morgan fingerprint density at radius 2 is 1.88 bits per heavy atom. The highest BCUT2D eigenvalue weighted by Crippen LogP contribution is 2.39. The molecule has 2 heterocycles. The van der Waals surface area contributed by atoms with E-state index in [4.69, 9.17) is 9.26 Å². The summed E-state index contributed by atoms with van der Waals surface area (Å²) in [6, 6.07) is 9.41. The van der Waals surface area contributed by atoms with E-state index in [-0.39, 0.29) is 29.3 Å². The molecule has 0 aliphatic heterocycles. The molecule has 0 aliphatic carbocycles. The number of methoxy groups -OCH3 is 1. The first kappa shape index (κ1) is 21.0. The van der Waals surface area contributed by atoms with Crippen molar-refractivity contribution in [1.29, 1.82) is 0 Å². The highest BCUT2D eigenvalue weighted by Gasteiger charge is 2.27. The van der Waals surface area contributed by atoms with Gasteiger partial charge in [0.25, 0.3) is 0 Å². The van der Waals surface area contributed by atoms with E-state index < -0.39 is 28.9 Å². The summed E-state index contributed by atoms with van der Waals surface area (Å²) in [5, 5.41) is 6.28. The smallest absolute Gasteiger partial charge is 0.241 e. The topological polar surface area (TPSA) is 90.1 Å². The summed E-state index contributed by atoms with van der Waals surface area (Å²) >= 11 is 0. The van der Waals surface area contributed by atoms with Gasteiger partial charge in [-0.05, 0) is 23.8 Å². The van der Waals surface area contributed by atoms with Crippen LogP contribution in [0.5, 0.6) is 5.75 Å². The van der Waals surface area contributed by atoms with Gasteiger partial charge in [-0.15, -0.1) is 0 Å². The highest BCUT2D eigenvalue weighted by atomic mass is 19.1. The molecule has 2 aromatic heterocycles. The van der Waals surface area contributed by atoms with Crippen molar-refractivity contribution >= 4 is 11.8 Å². The third kappa shape index (κ3) is 4.29. The molecule has 1 amide bonds. The summed E-state index contributed by atoms with van der Waals surface area (Å²) < 4.78 is 52.6. The van der Waals surface area contributed by atoms with E-state index in [1.807, 2.05) is 0 Å². The van der Waals surface area contributed by atoms with Gasteiger partial charge in [0.15, 0.2) is 0 Å². The Labute approximate surface area is 179 Å². The molecule has 4 rings (SSSR count). The second kappa shape index (κ2) is 8.88. The van der Waals surface area contributed by atoms with E-state index in [9.17, 15) is 18.0 Å². The average Bonchev–Trinajstić information content (AvgIpc) is 3.16. The maximum atomic E-state index is 14.4. The molecule has 0 radical (unpaired) electrons. The van der Waals surface area contributed by atoms with E-state index in [2.05, 4.69) is 20.4 Å². The van der Waals surface area contributed by atoms with Gasteiger partial charge in [0.1, 0.15) is 35.2 Å². The fourth-order valence-electron chi connectivity index (χ4n) is 3.13. The number of amides is 1. The van der Waals surface area contributed by atoms with Crippen LogP contribution in [-0.2, 0) is 11.2 Å². The SMILES string of the molecule is COc1cccc(CC(=O)Nc2onc(-c3c(F)cc(F)cc3F)c2-c2ccncn2)c1. The number of carbonyl (C=O) groups is 1. The summed E-state index contributed by atoms with van der Waals surface area (Å²) in [4.78, 5) is 20.5. The zero-order valence-corrected chi connectivity index (χ0v) is 16.6. The molecular formula is C22H15F3N4O3. The zero-order chi connectivity index (χ0) is 22.7. The van der Waals surface area contributed by atoms with Gasteiger partial charge < -0.3 is 9.26 Å². The number of carbonyl (C=O) groups excluding carboxylic acids is 1. The summed E-state index contributed by atoms with van der Waals surface area (Å²) in [6.07, 6.45) is 2.58. The molecule has 0 spiro atoms. The van der Waals surface area contributed by atoms with Gasteiger partial charge in [-0.2, -0.15) is 0 Å². The van der Waals surface area contributed by atoms with Crippen molar-refractivity contribution < 1.29 is 27.2 Å². The molecule has 10 heteroatoms. The number of rotatable bonds is 6. The van der Waals surface area contributed by atoms with Gasteiger partial charge in [0.2, 0.25) is 11.8 Å². The van der Waals surface area contributed by atoms with Gasteiger partial charge in [0.05, 0.1) is 30.4 Å². The summed E-state index contributed by atoms with van der Waals surface area (Å²) in [7, 11) is 1.51. The van der Waals surface area contributed by atoms with E-state index in [0.717, 1.165) is 0 Å². The normalized spacial score (nSPS) is 10.8. The third-order valence-corrected chi connectivity index (χ3v) is 4.53. The van der Waals surface area contributed by atoms with Crippen LogP contribution in [0, 0.1) is 17.5 Å². The number of ether oxygens (including phenoxy) is 1. The van der Waals surface area contributed by atoms with Crippen molar-refractivity contribution in [2.45, 2.75) is 6.42 Å². The molecule has 0 atom stereocenters. The first-order valence-corrected chi connectivity index (χ1v) is 9.30. The quantitative estimate of drug-likeness (QED) is 0.478. The van der Waals surface area contributed by atoms with Crippen LogP contribution < -0.4 is 10.1 Å². The van der Waals surface area contributed by atoms with Crippen molar-refractivity contribution in [3.63, 3.8) is 0 Å². The predicted octanol–water partition coefficient (Wildman–Crippen LogP) is 4.41. The van der Waals surface area contributed by atoms with Crippen molar-refractivity contribution in [2.75, 3.05) is 12.4 Å². The number of nitrogens with zero attached hydrogens (tertiary/aromatic N) is 3. The van der Waals surface area contributed by atoms with Crippen LogP contribution in [0.4, 0.5) is 19.1 Å². The summed E-state index contributed by atoms with van der Waals surface area (Å²) in [5.41, 5.74) is -0.0138. The summed E-state index contributed by atoms with van der Waals surface area (Å²) in [6.45, 7) is 0. The third-order valence-electron chi connectivity index (χ3n) is 4.53. The number of nitrogens with one attached hydrogen (secondary N) is 1. The number of benzene rings is 2. The van der Waals surface area contributed by atoms with E-state index >= 15 is 0 Å². The molecular weight excluding hydrogens is 425 g/mol. The minimum atomic E-state index is -1.18. The Balaban J connectivity index is 1.73. The van der Waals surface area contributed by atoms with Crippen LogP contribution in [-0.4, -0.2) is 28.1 Å². The van der Waals surface area contributed by atoms with Crippen LogP contribution in [0.25, 0.3) is 22.5 Å². The first-order chi connectivity index (χ1) is 15.5. The van der Waals surface area contributed by atoms with Gasteiger partial charge in [-0.3, -0.25) is 10.1 Å². The molecule has 32 heavy (non-hydrogen) atoms. The van der Waals surface area contributed by atoms with Gasteiger partial charge in [-0.25, -0.2) is 23.1 Å². The van der Waals surface area contributed by atoms with Crippen LogP contribution in [0.1, 0.15) is 5.56 Å². The lowest BCUT2D eigenvalue weighted by Crippen LogP contribution is -2.14. The largest absolute Gasteiger partial charge is 0.497 e. The molecule has 0 aliphatic rings. The number of anilines is 1. The minimum absolute atomic E-state index is 0.0239. The van der Waals surface area contributed by atoms with Crippen molar-refractivity contribution in [2.24, 2.45) is 0 Å². The molecule has 0 saturated carbocycles. The number of aromatic nitrogens is 3. The predicted molar refractivity (Wildman–Crippen MR) is 108 cm³/mol. The van der Waals surface area contributed by atoms with E-state index in [1.54, 1.807) is 24.3 Å². The van der Waals surface area contributed by atoms with Gasteiger partial charge in [0, 0.05) is 18.3 Å². The minimum Gasteiger partial charge on any atom is -0.497 e. The Morgan fingerprint density at radius 1 is 1.09 bits per heavy atom. The van der Waals surface area contributed by atoms with Crippen LogP contribution >= 0.6 is 0 Å². The molecule has 0 fully saturated rings. The maximum absolute atomic E-state index is 14.4. The van der Waals surface area contributed by atoms with Crippen LogP contribution in [0.3, 0.4) is 0 Å². The lowest BCUT2D eigenvalue weighted by atomic mass is 10.0. The lowest BCUT2D eigenvalue weighted by Gasteiger charge is -2.07. The molecule has 2 aromatic carbocycles. The molecule has 7 nitrogen and oxygen atoms in total. The second-order valence-corrected chi connectivity index (χ2v) is 6.65. The molecule has 0 bridgehead atoms. The van der Waals surface area contributed by atoms with Crippen LogP contribution in [0.15, 0.2) is 59.5 Å². The molecule has 0 unspecified atom stereocenters. The van der Waals surface area contributed by atoms with E-state index in [1.165, 1.54) is 25.7 Å². The van der Waals surface area contributed by atoms with Gasteiger partial charge in [-0.1, -0.05) is 17.3 Å². The molecule has 1 N–H and O–H groups in total. The first-order valence-electron chi connectivity index (χ1n) is 9.30. The summed E-state index contributed by atoms with van der Waals surface area (Å²) in [5.74, 6) is -3.50. The standard InChI is InChI=1S/C22H15F3N4O3/c1-31-14-4-2-3-12(7-14)8-18(30)28-22-20(17-5-6-26-11-27-17)21(29-32-22)19-15(24)9-13(23)10-16(19)25/h2-7,9-11H,8H2,1H3,(H,28,30). The van der Waals surface area contributed by atoms with Crippen LogP contribution in [0.2, 0.25) is 0 Å². The molecule has 4 aromatic rings. The zero-order valence-electron chi connectivity index (χ0n) is 16.6. The fourth-order valence-corrected chi connectivity index (χ4v) is 3.13. The Bertz CT molecular complexity index is 1260. The fraction of sp³-hybridized carbons (Fsp3) is 0.0909. The number of hydrogen-bond acceptors (Lipinski definition) is 6. The molecule has 162 valence electrons. The van der Waals surface area contributed by atoms with E-state index in [0.29, 0.717) is 23.4 Å². The van der Waals surface area contributed by atoms with Crippen molar-refractivity contribution in [3.8, 4) is 28.3 Å². The van der Waals surface area contributed by atoms with Crippen molar-refractivity contribution in [1.82, 2.24) is 15.1 Å². The monoisotopic (exact) mass is 440 g/mol. The Morgan fingerprint density at radius 3 is 2.56 bits per heavy atom. The second-order valence-electron chi connectivity index (χ2n) is 6.65. The number of halogens is 3. The highest BCUT2D eigenvalue weighted by molar-refractivity contribution is 5.97. The average molecular weight is 440 g/mol. The van der Waals surface area contributed by atoms with Crippen molar-refractivity contribution in [3.05, 3.63) is 78.0 Å². The van der Waals surface area contributed by atoms with Gasteiger partial charge >= 0.3 is 0 Å². The lowest BCUT2D eigenvalue weighted by molar-refractivity contribution is -0.115. The molecule has 0 saturated heterocycles. The Kier molecular flexibility index (Phi) is 5.84. The Hall–Kier alpha value is -4.21.